The van der Waals surface area contributed by atoms with Crippen LogP contribution in [0.5, 0.6) is 0 Å². The number of aliphatic hydroxyl groups is 1. The molecule has 3 aliphatic rings. The van der Waals surface area contributed by atoms with Crippen molar-refractivity contribution in [3.05, 3.63) is 0 Å². The van der Waals surface area contributed by atoms with Crippen LogP contribution in [0, 0.1) is 0 Å². The first kappa shape index (κ1) is 16.1. The van der Waals surface area contributed by atoms with Crippen LogP contribution in [0.4, 0.5) is 0 Å². The Morgan fingerprint density at radius 1 is 1.29 bits per heavy atom. The van der Waals surface area contributed by atoms with Gasteiger partial charge in [-0.25, -0.2) is 0 Å². The lowest BCUT2D eigenvalue weighted by molar-refractivity contribution is -0.112. The van der Waals surface area contributed by atoms with Gasteiger partial charge in [0.05, 0.1) is 12.2 Å². The molecule has 0 aliphatic carbocycles. The summed E-state index contributed by atoms with van der Waals surface area (Å²) in [7, 11) is 0. The van der Waals surface area contributed by atoms with Gasteiger partial charge in [0.15, 0.2) is 0 Å². The molecular weight excluding hydrogens is 284 g/mol. The van der Waals surface area contributed by atoms with Gasteiger partial charge in [-0.2, -0.15) is 11.8 Å². The van der Waals surface area contributed by atoms with Crippen molar-refractivity contribution < 1.29 is 9.84 Å². The molecule has 0 aromatic carbocycles. The highest BCUT2D eigenvalue weighted by Crippen LogP contribution is 2.38. The highest BCUT2D eigenvalue weighted by atomic mass is 32.2. The van der Waals surface area contributed by atoms with E-state index >= 15 is 0 Å². The third-order valence-electron chi connectivity index (χ3n) is 5.39. The molecule has 0 aromatic heterocycles. The maximum Gasteiger partial charge on any atom is 0.0713 e. The fourth-order valence-electron chi connectivity index (χ4n) is 4.15. The summed E-state index contributed by atoms with van der Waals surface area (Å²) in [5, 5.41) is 13.0. The van der Waals surface area contributed by atoms with Crippen molar-refractivity contribution in [1.82, 2.24) is 10.2 Å². The van der Waals surface area contributed by atoms with E-state index < -0.39 is 0 Å². The van der Waals surface area contributed by atoms with Crippen molar-refractivity contribution in [3.63, 3.8) is 0 Å². The minimum absolute atomic E-state index is 0.144. The van der Waals surface area contributed by atoms with Crippen LogP contribution in [0.25, 0.3) is 0 Å². The second kappa shape index (κ2) is 7.64. The number of nitrogens with one attached hydrogen (secondary N) is 1. The highest BCUT2D eigenvalue weighted by Gasteiger charge is 2.40. The van der Waals surface area contributed by atoms with E-state index in [4.69, 9.17) is 4.74 Å². The topological polar surface area (TPSA) is 44.7 Å². The molecule has 122 valence electrons. The van der Waals surface area contributed by atoms with Gasteiger partial charge in [0.1, 0.15) is 0 Å². The van der Waals surface area contributed by atoms with E-state index in [1.165, 1.54) is 43.6 Å². The zero-order chi connectivity index (χ0) is 14.5. The lowest BCUT2D eigenvalue weighted by atomic mass is 9.84. The fourth-order valence-corrected chi connectivity index (χ4v) is 5.39. The van der Waals surface area contributed by atoms with Gasteiger partial charge >= 0.3 is 0 Å². The van der Waals surface area contributed by atoms with Crippen LogP contribution in [-0.2, 0) is 4.74 Å². The van der Waals surface area contributed by atoms with Crippen LogP contribution in [0.1, 0.15) is 38.5 Å². The van der Waals surface area contributed by atoms with E-state index in [1.54, 1.807) is 0 Å². The van der Waals surface area contributed by atoms with Gasteiger partial charge in [-0.15, -0.1) is 0 Å². The number of aliphatic hydroxyl groups excluding tert-OH is 1. The molecule has 2 N–H and O–H groups in total. The third-order valence-corrected chi connectivity index (χ3v) is 6.38. The van der Waals surface area contributed by atoms with Crippen molar-refractivity contribution >= 4 is 11.8 Å². The largest absolute Gasteiger partial charge is 0.395 e. The Hall–Kier alpha value is 0.190. The summed E-state index contributed by atoms with van der Waals surface area (Å²) in [5.74, 6) is 2.49. The van der Waals surface area contributed by atoms with E-state index in [-0.39, 0.29) is 12.2 Å². The van der Waals surface area contributed by atoms with Crippen molar-refractivity contribution in [1.29, 1.82) is 0 Å². The first-order chi connectivity index (χ1) is 10.3. The molecule has 0 radical (unpaired) electrons. The molecule has 3 aliphatic heterocycles. The summed E-state index contributed by atoms with van der Waals surface area (Å²) in [6.07, 6.45) is 7.30. The average molecular weight is 314 g/mol. The Balaban J connectivity index is 1.60. The summed E-state index contributed by atoms with van der Waals surface area (Å²) in [5.41, 5.74) is 0.144. The maximum atomic E-state index is 9.45. The van der Waals surface area contributed by atoms with Crippen LogP contribution in [-0.4, -0.2) is 72.0 Å². The predicted octanol–water partition coefficient (Wildman–Crippen LogP) is 1.48. The molecule has 0 bridgehead atoms. The molecule has 1 spiro atoms. The smallest absolute Gasteiger partial charge is 0.0713 e. The summed E-state index contributed by atoms with van der Waals surface area (Å²) in [6, 6.07) is 1.22. The molecule has 21 heavy (non-hydrogen) atoms. The molecule has 4 nitrogen and oxygen atoms in total. The van der Waals surface area contributed by atoms with Gasteiger partial charge < -0.3 is 15.2 Å². The predicted molar refractivity (Wildman–Crippen MR) is 87.9 cm³/mol. The Morgan fingerprint density at radius 3 is 2.86 bits per heavy atom. The highest BCUT2D eigenvalue weighted by molar-refractivity contribution is 7.99. The number of nitrogens with zero attached hydrogens (tertiary/aromatic N) is 1. The number of hydrogen-bond donors (Lipinski definition) is 2. The number of thioether (sulfide) groups is 1. The first-order valence-corrected chi connectivity index (χ1v) is 9.77. The molecule has 2 unspecified atom stereocenters. The van der Waals surface area contributed by atoms with E-state index in [1.807, 2.05) is 0 Å². The van der Waals surface area contributed by atoms with Gasteiger partial charge in [0.2, 0.25) is 0 Å². The summed E-state index contributed by atoms with van der Waals surface area (Å²) < 4.78 is 6.22. The minimum Gasteiger partial charge on any atom is -0.395 e. The monoisotopic (exact) mass is 314 g/mol. The zero-order valence-electron chi connectivity index (χ0n) is 13.1. The average Bonchev–Trinajstić information content (AvgIpc) is 3.01. The van der Waals surface area contributed by atoms with E-state index in [2.05, 4.69) is 22.0 Å². The van der Waals surface area contributed by atoms with Crippen molar-refractivity contribution in [3.8, 4) is 0 Å². The second-order valence-electron chi connectivity index (χ2n) is 6.80. The lowest BCUT2D eigenvalue weighted by Gasteiger charge is -2.46. The van der Waals surface area contributed by atoms with Crippen molar-refractivity contribution in [2.45, 2.75) is 56.2 Å². The molecule has 0 aromatic rings. The SMILES string of the molecule is OCCN(CC1CCCN1)C1CCOC2(CCSCC2)C1. The van der Waals surface area contributed by atoms with Gasteiger partial charge in [0.25, 0.3) is 0 Å². The number of hydrogen-bond acceptors (Lipinski definition) is 5. The minimum atomic E-state index is 0.144. The van der Waals surface area contributed by atoms with E-state index in [9.17, 15) is 5.11 Å². The summed E-state index contributed by atoms with van der Waals surface area (Å²) in [6.45, 7) is 4.23. The molecule has 3 rings (SSSR count). The molecule has 3 saturated heterocycles. The quantitative estimate of drug-likeness (QED) is 0.805. The van der Waals surface area contributed by atoms with Crippen LogP contribution in [0.15, 0.2) is 0 Å². The van der Waals surface area contributed by atoms with Gasteiger partial charge in [0, 0.05) is 31.8 Å². The van der Waals surface area contributed by atoms with Crippen LogP contribution in [0.2, 0.25) is 0 Å². The van der Waals surface area contributed by atoms with Crippen molar-refractivity contribution in [2.75, 3.05) is 44.4 Å². The second-order valence-corrected chi connectivity index (χ2v) is 8.03. The Morgan fingerprint density at radius 2 is 2.14 bits per heavy atom. The molecule has 0 saturated carbocycles. The molecular formula is C16H30N2O2S. The Labute approximate surface area is 133 Å². The van der Waals surface area contributed by atoms with Crippen LogP contribution >= 0.6 is 11.8 Å². The number of rotatable bonds is 5. The molecule has 3 heterocycles. The molecule has 3 fully saturated rings. The number of ether oxygens (including phenoxy) is 1. The normalized spacial score (nSPS) is 32.9. The molecule has 0 amide bonds. The molecule has 2 atom stereocenters. The van der Waals surface area contributed by atoms with Gasteiger partial charge in [-0.1, -0.05) is 0 Å². The maximum absolute atomic E-state index is 9.45. The van der Waals surface area contributed by atoms with Crippen molar-refractivity contribution in [2.24, 2.45) is 0 Å². The zero-order valence-corrected chi connectivity index (χ0v) is 13.9. The standard InChI is InChI=1S/C16H30N2O2S/c19-8-7-18(13-14-2-1-6-17-14)15-3-9-20-16(12-15)4-10-21-11-5-16/h14-15,17,19H,1-13H2. The lowest BCUT2D eigenvalue weighted by Crippen LogP contribution is -2.53. The van der Waals surface area contributed by atoms with E-state index in [0.717, 1.165) is 32.7 Å². The fraction of sp³-hybridized carbons (Fsp3) is 1.00. The summed E-state index contributed by atoms with van der Waals surface area (Å²) >= 11 is 2.06. The van der Waals surface area contributed by atoms with Crippen LogP contribution < -0.4 is 5.32 Å². The van der Waals surface area contributed by atoms with E-state index in [0.29, 0.717) is 12.1 Å². The Kier molecular flexibility index (Phi) is 5.85. The van der Waals surface area contributed by atoms with Gasteiger partial charge in [-0.3, -0.25) is 4.90 Å². The van der Waals surface area contributed by atoms with Crippen LogP contribution in [0.3, 0.4) is 0 Å². The van der Waals surface area contributed by atoms with Gasteiger partial charge in [-0.05, 0) is 56.6 Å². The summed E-state index contributed by atoms with van der Waals surface area (Å²) in [4.78, 5) is 2.54. The molecule has 5 heteroatoms. The third kappa shape index (κ3) is 4.14. The first-order valence-electron chi connectivity index (χ1n) is 8.61. The Bertz CT molecular complexity index is 312.